The fraction of sp³-hybridized carbons (Fsp3) is 0.368. The molecule has 0 aliphatic carbocycles. The number of carbonyl (C=O) groups is 1. The Morgan fingerprint density at radius 2 is 1.76 bits per heavy atom. The highest BCUT2D eigenvalue weighted by Crippen LogP contribution is 2.34. The number of piperazine rings is 1. The Balaban J connectivity index is 1.54. The van der Waals surface area contributed by atoms with Crippen molar-refractivity contribution in [3.8, 4) is 11.5 Å². The minimum absolute atomic E-state index is 0.166. The van der Waals surface area contributed by atoms with Gasteiger partial charge in [-0.25, -0.2) is 4.98 Å². The second-order valence-electron chi connectivity index (χ2n) is 6.74. The second-order valence-corrected chi connectivity index (χ2v) is 6.74. The van der Waals surface area contributed by atoms with Crippen LogP contribution in [-0.2, 0) is 0 Å². The first-order valence-corrected chi connectivity index (χ1v) is 9.17. The number of aryl methyl sites for hydroxylation is 1. The number of ether oxygens (including phenoxy) is 2. The summed E-state index contributed by atoms with van der Waals surface area (Å²) in [6.45, 7) is 3.98. The summed E-state index contributed by atoms with van der Waals surface area (Å²) in [5.74, 6) is 2.11. The van der Waals surface area contributed by atoms with Crippen molar-refractivity contribution in [1.82, 2.24) is 20.0 Å². The predicted octanol–water partition coefficient (Wildman–Crippen LogP) is 1.49. The Hall–Kier alpha value is -3.56. The van der Waals surface area contributed by atoms with E-state index in [1.165, 1.54) is 0 Å². The van der Waals surface area contributed by atoms with Crippen molar-refractivity contribution in [2.75, 3.05) is 51.0 Å². The van der Waals surface area contributed by atoms with Gasteiger partial charge in [0, 0.05) is 43.7 Å². The molecule has 0 radical (unpaired) electrons. The van der Waals surface area contributed by atoms with E-state index in [-0.39, 0.29) is 11.7 Å². The first kappa shape index (κ1) is 18.8. The number of rotatable bonds is 4. The third-order valence-electron chi connectivity index (χ3n) is 4.91. The highest BCUT2D eigenvalue weighted by atomic mass is 16.5. The van der Waals surface area contributed by atoms with Crippen LogP contribution in [0.1, 0.15) is 16.2 Å². The molecule has 2 N–H and O–H groups in total. The number of fused-ring (bicyclic) bond motifs is 1. The minimum atomic E-state index is -0.166. The molecule has 3 aromatic rings. The summed E-state index contributed by atoms with van der Waals surface area (Å²) >= 11 is 0. The molecule has 2 aromatic heterocycles. The molecule has 0 atom stereocenters. The van der Waals surface area contributed by atoms with E-state index >= 15 is 0 Å². The number of nitrogens with two attached hydrogens (primary N) is 1. The standard InChI is InChI=1S/C19H22N6O4/c1-11-8-16(29-23-11)18(26)24-4-6-25(7-5-24)19-21-13-10-15(28-3)14(27-2)9-12(13)17(20)22-19/h8-10H,4-7H2,1-3H3,(H2,20,21,22). The van der Waals surface area contributed by atoms with Crippen molar-refractivity contribution in [3.05, 3.63) is 29.7 Å². The third-order valence-corrected chi connectivity index (χ3v) is 4.91. The first-order chi connectivity index (χ1) is 14.0. The maximum absolute atomic E-state index is 12.5. The Bertz CT molecular complexity index is 1060. The van der Waals surface area contributed by atoms with Crippen LogP contribution in [0.5, 0.6) is 11.5 Å². The maximum Gasteiger partial charge on any atom is 0.292 e. The number of nitrogen functional groups attached to an aromatic ring is 1. The summed E-state index contributed by atoms with van der Waals surface area (Å²) in [4.78, 5) is 25.3. The molecule has 1 saturated heterocycles. The molecule has 1 fully saturated rings. The summed E-state index contributed by atoms with van der Waals surface area (Å²) in [6.07, 6.45) is 0. The van der Waals surface area contributed by atoms with Gasteiger partial charge in [-0.1, -0.05) is 5.16 Å². The second kappa shape index (κ2) is 7.46. The number of hydrogen-bond donors (Lipinski definition) is 1. The highest BCUT2D eigenvalue weighted by Gasteiger charge is 2.26. The first-order valence-electron chi connectivity index (χ1n) is 9.17. The lowest BCUT2D eigenvalue weighted by Crippen LogP contribution is -2.49. The molecule has 10 heteroatoms. The zero-order chi connectivity index (χ0) is 20.5. The Kier molecular flexibility index (Phi) is 4.83. The average Bonchev–Trinajstić information content (AvgIpc) is 3.18. The molecule has 1 amide bonds. The molecule has 29 heavy (non-hydrogen) atoms. The van der Waals surface area contributed by atoms with E-state index in [1.807, 2.05) is 4.90 Å². The van der Waals surface area contributed by atoms with Crippen LogP contribution < -0.4 is 20.1 Å². The van der Waals surface area contributed by atoms with Crippen LogP contribution in [0.4, 0.5) is 11.8 Å². The number of hydrogen-bond acceptors (Lipinski definition) is 9. The Morgan fingerprint density at radius 3 is 2.38 bits per heavy atom. The van der Waals surface area contributed by atoms with Crippen LogP contribution >= 0.6 is 0 Å². The van der Waals surface area contributed by atoms with Crippen molar-refractivity contribution in [3.63, 3.8) is 0 Å². The molecule has 152 valence electrons. The maximum atomic E-state index is 12.5. The number of aromatic nitrogens is 3. The van der Waals surface area contributed by atoms with Crippen molar-refractivity contribution in [2.45, 2.75) is 6.92 Å². The van der Waals surface area contributed by atoms with Crippen LogP contribution in [0, 0.1) is 6.92 Å². The van der Waals surface area contributed by atoms with E-state index in [0.29, 0.717) is 66.0 Å². The highest BCUT2D eigenvalue weighted by molar-refractivity contribution is 5.92. The quantitative estimate of drug-likeness (QED) is 0.697. The molecule has 0 bridgehead atoms. The molecule has 0 saturated carbocycles. The summed E-state index contributed by atoms with van der Waals surface area (Å²) in [5.41, 5.74) is 7.52. The number of amides is 1. The van der Waals surface area contributed by atoms with Gasteiger partial charge in [0.2, 0.25) is 11.7 Å². The van der Waals surface area contributed by atoms with Crippen molar-refractivity contribution < 1.29 is 18.8 Å². The van der Waals surface area contributed by atoms with Crippen LogP contribution in [0.3, 0.4) is 0 Å². The van der Waals surface area contributed by atoms with Gasteiger partial charge in [0.25, 0.3) is 5.91 Å². The molecule has 0 unspecified atom stereocenters. The Labute approximate surface area is 167 Å². The van der Waals surface area contributed by atoms with Crippen molar-refractivity contribution in [1.29, 1.82) is 0 Å². The lowest BCUT2D eigenvalue weighted by atomic mass is 10.2. The molecule has 1 aliphatic rings. The van der Waals surface area contributed by atoms with Crippen LogP contribution in [-0.4, -0.2) is 66.3 Å². The van der Waals surface area contributed by atoms with Crippen molar-refractivity contribution >= 4 is 28.6 Å². The molecular weight excluding hydrogens is 376 g/mol. The predicted molar refractivity (Wildman–Crippen MR) is 106 cm³/mol. The van der Waals surface area contributed by atoms with Gasteiger partial charge in [-0.15, -0.1) is 0 Å². The van der Waals surface area contributed by atoms with Gasteiger partial charge in [-0.2, -0.15) is 4.98 Å². The topological polar surface area (TPSA) is 120 Å². The van der Waals surface area contributed by atoms with Gasteiger partial charge in [0.1, 0.15) is 5.82 Å². The minimum Gasteiger partial charge on any atom is -0.493 e. The monoisotopic (exact) mass is 398 g/mol. The number of nitrogens with zero attached hydrogens (tertiary/aromatic N) is 5. The zero-order valence-corrected chi connectivity index (χ0v) is 16.5. The van der Waals surface area contributed by atoms with E-state index in [4.69, 9.17) is 19.7 Å². The molecule has 1 aromatic carbocycles. The summed E-state index contributed by atoms with van der Waals surface area (Å²) in [6, 6.07) is 5.19. The van der Waals surface area contributed by atoms with Gasteiger partial charge < -0.3 is 29.5 Å². The zero-order valence-electron chi connectivity index (χ0n) is 16.5. The van der Waals surface area contributed by atoms with E-state index < -0.39 is 0 Å². The number of carbonyl (C=O) groups excluding carboxylic acids is 1. The van der Waals surface area contributed by atoms with Crippen molar-refractivity contribution in [2.24, 2.45) is 0 Å². The summed E-state index contributed by atoms with van der Waals surface area (Å²) < 4.78 is 15.8. The number of anilines is 2. The summed E-state index contributed by atoms with van der Waals surface area (Å²) in [5, 5.41) is 4.47. The van der Waals surface area contributed by atoms with Crippen LogP contribution in [0.25, 0.3) is 10.9 Å². The third kappa shape index (κ3) is 3.48. The van der Waals surface area contributed by atoms with Gasteiger partial charge >= 0.3 is 0 Å². The molecule has 10 nitrogen and oxygen atoms in total. The van der Waals surface area contributed by atoms with E-state index in [2.05, 4.69) is 15.1 Å². The molecule has 4 rings (SSSR count). The number of benzene rings is 1. The van der Waals surface area contributed by atoms with E-state index in [0.717, 1.165) is 0 Å². The molecule has 3 heterocycles. The molecule has 0 spiro atoms. The molecule has 1 aliphatic heterocycles. The average molecular weight is 398 g/mol. The Morgan fingerprint density at radius 1 is 1.07 bits per heavy atom. The van der Waals surface area contributed by atoms with Gasteiger partial charge in [-0.3, -0.25) is 4.79 Å². The van der Waals surface area contributed by atoms with E-state index in [9.17, 15) is 4.79 Å². The van der Waals surface area contributed by atoms with Crippen LogP contribution in [0.2, 0.25) is 0 Å². The summed E-state index contributed by atoms with van der Waals surface area (Å²) in [7, 11) is 3.14. The SMILES string of the molecule is COc1cc2nc(N3CCN(C(=O)c4cc(C)no4)CC3)nc(N)c2cc1OC. The van der Waals surface area contributed by atoms with Gasteiger partial charge in [0.15, 0.2) is 11.5 Å². The fourth-order valence-electron chi connectivity index (χ4n) is 3.34. The normalized spacial score (nSPS) is 14.3. The van der Waals surface area contributed by atoms with E-state index in [1.54, 1.807) is 44.2 Å². The van der Waals surface area contributed by atoms with Crippen LogP contribution in [0.15, 0.2) is 22.7 Å². The lowest BCUT2D eigenvalue weighted by Gasteiger charge is -2.34. The largest absolute Gasteiger partial charge is 0.493 e. The lowest BCUT2D eigenvalue weighted by molar-refractivity contribution is 0.0704. The molecular formula is C19H22N6O4. The van der Waals surface area contributed by atoms with Gasteiger partial charge in [0.05, 0.1) is 25.4 Å². The number of methoxy groups -OCH3 is 2. The smallest absolute Gasteiger partial charge is 0.292 e. The van der Waals surface area contributed by atoms with Gasteiger partial charge in [-0.05, 0) is 13.0 Å². The fourth-order valence-corrected chi connectivity index (χ4v) is 3.34.